The van der Waals surface area contributed by atoms with Crippen LogP contribution in [0.2, 0.25) is 0 Å². The van der Waals surface area contributed by atoms with E-state index in [0.717, 1.165) is 38.9 Å². The molecule has 3 rings (SSSR count). The molecule has 1 N–H and O–H groups in total. The van der Waals surface area contributed by atoms with E-state index < -0.39 is 0 Å². The van der Waals surface area contributed by atoms with Crippen molar-refractivity contribution in [2.75, 3.05) is 19.6 Å². The highest BCUT2D eigenvalue weighted by Gasteiger charge is 2.48. The van der Waals surface area contributed by atoms with Crippen LogP contribution in [0.1, 0.15) is 18.4 Å². The molecule has 1 atom stereocenters. The highest BCUT2D eigenvalue weighted by Crippen LogP contribution is 2.34. The molecule has 0 spiro atoms. The van der Waals surface area contributed by atoms with Crippen molar-refractivity contribution in [3.63, 3.8) is 0 Å². The number of fused-ring (bicyclic) bond motifs is 1. The summed E-state index contributed by atoms with van der Waals surface area (Å²) in [7, 11) is 0. The second-order valence-corrected chi connectivity index (χ2v) is 5.04. The van der Waals surface area contributed by atoms with E-state index >= 15 is 0 Å². The lowest BCUT2D eigenvalue weighted by Crippen LogP contribution is -2.62. The minimum absolute atomic E-state index is 0.227. The van der Waals surface area contributed by atoms with Gasteiger partial charge in [0.05, 0.1) is 0 Å². The molecule has 2 fully saturated rings. The number of rotatable bonds is 2. The van der Waals surface area contributed by atoms with Gasteiger partial charge in [0, 0.05) is 13.1 Å². The molecule has 1 amide bonds. The zero-order chi connectivity index (χ0) is 11.7. The van der Waals surface area contributed by atoms with Crippen LogP contribution in [-0.4, -0.2) is 36.0 Å². The molecule has 0 aliphatic carbocycles. The average molecular weight is 230 g/mol. The van der Waals surface area contributed by atoms with Gasteiger partial charge in [0.25, 0.3) is 0 Å². The van der Waals surface area contributed by atoms with E-state index in [0.29, 0.717) is 0 Å². The Balaban J connectivity index is 1.90. The summed E-state index contributed by atoms with van der Waals surface area (Å²) in [6.45, 7) is 2.87. The highest BCUT2D eigenvalue weighted by atomic mass is 16.2. The lowest BCUT2D eigenvalue weighted by molar-refractivity contribution is -0.135. The van der Waals surface area contributed by atoms with Gasteiger partial charge in [0.2, 0.25) is 5.91 Å². The van der Waals surface area contributed by atoms with Crippen LogP contribution in [0, 0.1) is 0 Å². The Labute approximate surface area is 102 Å². The lowest BCUT2D eigenvalue weighted by Gasteiger charge is -2.41. The number of amides is 1. The van der Waals surface area contributed by atoms with Gasteiger partial charge in [-0.2, -0.15) is 0 Å². The van der Waals surface area contributed by atoms with Crippen molar-refractivity contribution in [1.82, 2.24) is 10.2 Å². The third kappa shape index (κ3) is 1.75. The number of nitrogens with zero attached hydrogens (tertiary/aromatic N) is 1. The van der Waals surface area contributed by atoms with Gasteiger partial charge in [-0.25, -0.2) is 0 Å². The fourth-order valence-corrected chi connectivity index (χ4v) is 3.20. The maximum atomic E-state index is 12.2. The zero-order valence-electron chi connectivity index (χ0n) is 9.98. The Kier molecular flexibility index (Phi) is 2.63. The van der Waals surface area contributed by atoms with E-state index in [-0.39, 0.29) is 11.4 Å². The van der Waals surface area contributed by atoms with Gasteiger partial charge < -0.3 is 5.32 Å². The van der Waals surface area contributed by atoms with Crippen molar-refractivity contribution < 1.29 is 4.79 Å². The number of hydrogen-bond donors (Lipinski definition) is 1. The minimum atomic E-state index is -0.264. The lowest BCUT2D eigenvalue weighted by atomic mass is 9.86. The second kappa shape index (κ2) is 4.15. The van der Waals surface area contributed by atoms with Gasteiger partial charge in [0.15, 0.2) is 0 Å². The molecule has 2 saturated heterocycles. The molecule has 3 nitrogen and oxygen atoms in total. The maximum Gasteiger partial charge on any atom is 0.240 e. The first-order chi connectivity index (χ1) is 8.31. The van der Waals surface area contributed by atoms with Gasteiger partial charge in [-0.3, -0.25) is 9.69 Å². The fourth-order valence-electron chi connectivity index (χ4n) is 3.20. The number of piperazine rings is 1. The van der Waals surface area contributed by atoms with Crippen LogP contribution in [0.15, 0.2) is 30.3 Å². The number of carbonyl (C=O) groups is 1. The molecule has 0 aromatic heterocycles. The first-order valence-corrected chi connectivity index (χ1v) is 6.39. The first-order valence-electron chi connectivity index (χ1n) is 6.39. The average Bonchev–Trinajstić information content (AvgIpc) is 2.76. The molecule has 1 aromatic carbocycles. The summed E-state index contributed by atoms with van der Waals surface area (Å²) in [5.41, 5.74) is 0.996. The van der Waals surface area contributed by atoms with Crippen LogP contribution >= 0.6 is 0 Å². The van der Waals surface area contributed by atoms with Crippen LogP contribution in [0.25, 0.3) is 0 Å². The van der Waals surface area contributed by atoms with Gasteiger partial charge >= 0.3 is 0 Å². The summed E-state index contributed by atoms with van der Waals surface area (Å²) >= 11 is 0. The molecule has 1 aromatic rings. The number of benzene rings is 1. The minimum Gasteiger partial charge on any atom is -0.353 e. The largest absolute Gasteiger partial charge is 0.353 e. The third-order valence-electron chi connectivity index (χ3n) is 4.05. The number of nitrogens with one attached hydrogen (secondary N) is 1. The summed E-state index contributed by atoms with van der Waals surface area (Å²) in [6.07, 6.45) is 2.98. The Hall–Kier alpha value is -1.35. The Morgan fingerprint density at radius 2 is 2.06 bits per heavy atom. The highest BCUT2D eigenvalue weighted by molar-refractivity contribution is 5.87. The number of hydrogen-bond acceptors (Lipinski definition) is 2. The summed E-state index contributed by atoms with van der Waals surface area (Å²) in [4.78, 5) is 14.6. The predicted octanol–water partition coefficient (Wildman–Crippen LogP) is 1.19. The Morgan fingerprint density at radius 3 is 2.88 bits per heavy atom. The van der Waals surface area contributed by atoms with Crippen LogP contribution < -0.4 is 5.32 Å². The standard InChI is InChI=1S/C14H18N2O/c17-13-14(11-12-5-2-1-3-6-12)7-4-9-16(14)10-8-15-13/h1-3,5-6H,4,7-11H2,(H,15,17). The van der Waals surface area contributed by atoms with Crippen LogP contribution in [0.3, 0.4) is 0 Å². The van der Waals surface area contributed by atoms with Crippen molar-refractivity contribution in [1.29, 1.82) is 0 Å². The van der Waals surface area contributed by atoms with Crippen molar-refractivity contribution in [3.8, 4) is 0 Å². The van der Waals surface area contributed by atoms with Crippen LogP contribution in [-0.2, 0) is 11.2 Å². The SMILES string of the molecule is O=C1NCCN2CCCC12Cc1ccccc1. The van der Waals surface area contributed by atoms with Crippen molar-refractivity contribution in [3.05, 3.63) is 35.9 Å². The van der Waals surface area contributed by atoms with E-state index in [1.807, 2.05) is 18.2 Å². The molecule has 2 aliphatic heterocycles. The molecule has 2 heterocycles. The summed E-state index contributed by atoms with van der Waals surface area (Å²) in [5, 5.41) is 3.03. The summed E-state index contributed by atoms with van der Waals surface area (Å²) in [6, 6.07) is 10.4. The topological polar surface area (TPSA) is 32.3 Å². The molecule has 0 saturated carbocycles. The van der Waals surface area contributed by atoms with Crippen molar-refractivity contribution in [2.24, 2.45) is 0 Å². The third-order valence-corrected chi connectivity index (χ3v) is 4.05. The normalized spacial score (nSPS) is 28.8. The smallest absolute Gasteiger partial charge is 0.240 e. The van der Waals surface area contributed by atoms with Crippen LogP contribution in [0.5, 0.6) is 0 Å². The maximum absolute atomic E-state index is 12.2. The molecule has 1 unspecified atom stereocenters. The summed E-state index contributed by atoms with van der Waals surface area (Å²) < 4.78 is 0. The monoisotopic (exact) mass is 230 g/mol. The molecule has 0 radical (unpaired) electrons. The van der Waals surface area contributed by atoms with E-state index in [1.54, 1.807) is 0 Å². The molecule has 90 valence electrons. The quantitative estimate of drug-likeness (QED) is 0.828. The second-order valence-electron chi connectivity index (χ2n) is 5.04. The molecule has 3 heteroatoms. The van der Waals surface area contributed by atoms with Gasteiger partial charge in [-0.15, -0.1) is 0 Å². The zero-order valence-corrected chi connectivity index (χ0v) is 9.98. The summed E-state index contributed by atoms with van der Waals surface area (Å²) in [5.74, 6) is 0.227. The fraction of sp³-hybridized carbons (Fsp3) is 0.500. The van der Waals surface area contributed by atoms with E-state index in [1.165, 1.54) is 5.56 Å². The Bertz CT molecular complexity index is 417. The van der Waals surface area contributed by atoms with E-state index in [4.69, 9.17) is 0 Å². The molecular formula is C14H18N2O. The predicted molar refractivity (Wildman–Crippen MR) is 66.7 cm³/mol. The molecular weight excluding hydrogens is 212 g/mol. The Morgan fingerprint density at radius 1 is 1.24 bits per heavy atom. The first kappa shape index (κ1) is 10.8. The number of carbonyl (C=O) groups excluding carboxylic acids is 1. The van der Waals surface area contributed by atoms with E-state index in [2.05, 4.69) is 22.3 Å². The van der Waals surface area contributed by atoms with Crippen LogP contribution in [0.4, 0.5) is 0 Å². The van der Waals surface area contributed by atoms with Gasteiger partial charge in [-0.1, -0.05) is 30.3 Å². The van der Waals surface area contributed by atoms with E-state index in [9.17, 15) is 4.79 Å². The molecule has 0 bridgehead atoms. The molecule has 17 heavy (non-hydrogen) atoms. The van der Waals surface area contributed by atoms with Crippen molar-refractivity contribution >= 4 is 5.91 Å². The van der Waals surface area contributed by atoms with Gasteiger partial charge in [0.1, 0.15) is 5.54 Å². The van der Waals surface area contributed by atoms with Gasteiger partial charge in [-0.05, 0) is 31.4 Å². The molecule has 2 aliphatic rings. The van der Waals surface area contributed by atoms with Crippen molar-refractivity contribution in [2.45, 2.75) is 24.8 Å².